The summed E-state index contributed by atoms with van der Waals surface area (Å²) in [7, 11) is 0. The lowest BCUT2D eigenvalue weighted by atomic mass is 9.33. The Labute approximate surface area is 727 Å². The van der Waals surface area contributed by atoms with Gasteiger partial charge in [-0.15, -0.1) is 0 Å². The van der Waals surface area contributed by atoms with Gasteiger partial charge in [0.2, 0.25) is 0 Å². The van der Waals surface area contributed by atoms with Gasteiger partial charge in [-0.1, -0.05) is 393 Å². The molecule has 2 heterocycles. The molecule has 0 aromatic heterocycles. The molecule has 4 heteroatoms. The minimum Gasteiger partial charge on any atom is -0.310 e. The van der Waals surface area contributed by atoms with E-state index < -0.39 is 0 Å². The van der Waals surface area contributed by atoms with Crippen LogP contribution in [0.4, 0.5) is 51.2 Å². The zero-order chi connectivity index (χ0) is 83.3. The van der Waals surface area contributed by atoms with Gasteiger partial charge in [-0.05, 0) is 245 Å². The average Bonchev–Trinajstić information content (AvgIpc) is 0.711. The number of nitrogens with zero attached hydrogens (tertiary/aromatic N) is 3. The van der Waals surface area contributed by atoms with E-state index >= 15 is 0 Å². The Morgan fingerprint density at radius 2 is 0.540 bits per heavy atom. The molecule has 0 bridgehead atoms. The molecule has 0 N–H and O–H groups in total. The lowest BCUT2D eigenvalue weighted by Crippen LogP contribution is -2.61. The fraction of sp³-hybridized carbons (Fsp3) is 0.0667. The van der Waals surface area contributed by atoms with Crippen LogP contribution in [0.3, 0.4) is 0 Å². The smallest absolute Gasteiger partial charge is 0.252 e. The van der Waals surface area contributed by atoms with E-state index in [1.807, 2.05) is 0 Å². The van der Waals surface area contributed by atoms with Crippen molar-refractivity contribution >= 4 is 107 Å². The van der Waals surface area contributed by atoms with E-state index in [2.05, 4.69) is 493 Å². The monoisotopic (exact) mass is 1580 g/mol. The van der Waals surface area contributed by atoms with Gasteiger partial charge in [0.25, 0.3) is 6.71 Å². The first-order chi connectivity index (χ1) is 60.8. The van der Waals surface area contributed by atoms with Gasteiger partial charge >= 0.3 is 0 Å². The Morgan fingerprint density at radius 3 is 0.944 bits per heavy atom. The zero-order valence-corrected chi connectivity index (χ0v) is 70.5. The number of anilines is 9. The molecule has 0 spiro atoms. The SMILES string of the molecule is CC(C)(C)c1cc2ccc3cc(C(C)(C)C)cc4c(-c5ccc6c(c5)B5c7ccc(-c8ccccc8)cc7N(c7c(-c8ccccc8)cc(-c8ccccc8)cc7-c7ccccc7)c7cc(N(c8ccc(-c9ccccc9)cc8)c8ccc(-c9ccccc9)cc8)cc(c75)N6c5c(-c6ccccc6)cc(-c6ccccc6)cc5-c5ccccc5)cc(c1)c2c34. The van der Waals surface area contributed by atoms with Gasteiger partial charge in [0.1, 0.15) is 0 Å². The highest BCUT2D eigenvalue weighted by Gasteiger charge is 2.47. The fourth-order valence-corrected chi connectivity index (χ4v) is 19.6. The van der Waals surface area contributed by atoms with E-state index in [0.29, 0.717) is 0 Å². The molecule has 2 aliphatic heterocycles. The van der Waals surface area contributed by atoms with Gasteiger partial charge in [0.15, 0.2) is 0 Å². The Hall–Kier alpha value is -15.1. The van der Waals surface area contributed by atoms with Crippen LogP contribution in [-0.4, -0.2) is 6.71 Å². The van der Waals surface area contributed by atoms with Crippen LogP contribution in [0.1, 0.15) is 52.7 Å². The quantitative estimate of drug-likeness (QED) is 0.0748. The van der Waals surface area contributed by atoms with Gasteiger partial charge in [0.05, 0.1) is 17.1 Å². The second-order valence-corrected chi connectivity index (χ2v) is 35.5. The van der Waals surface area contributed by atoms with E-state index in [-0.39, 0.29) is 17.5 Å². The van der Waals surface area contributed by atoms with E-state index in [0.717, 1.165) is 157 Å². The maximum absolute atomic E-state index is 2.72. The number of hydrogen-bond donors (Lipinski definition) is 0. The van der Waals surface area contributed by atoms with E-state index in [1.165, 1.54) is 65.4 Å². The normalized spacial score (nSPS) is 12.4. The van der Waals surface area contributed by atoms with Gasteiger partial charge in [0, 0.05) is 56.4 Å². The summed E-state index contributed by atoms with van der Waals surface area (Å²) in [5.41, 5.74) is 37.9. The largest absolute Gasteiger partial charge is 0.310 e. The van der Waals surface area contributed by atoms with Crippen molar-refractivity contribution in [3.63, 3.8) is 0 Å². The first-order valence-corrected chi connectivity index (χ1v) is 43.5. The lowest BCUT2D eigenvalue weighted by molar-refractivity contribution is 0.591. The summed E-state index contributed by atoms with van der Waals surface area (Å²) in [5.74, 6) is 0. The van der Waals surface area contributed by atoms with Crippen LogP contribution in [0.5, 0.6) is 0 Å². The first kappa shape index (κ1) is 75.1. The van der Waals surface area contributed by atoms with Crippen molar-refractivity contribution in [2.24, 2.45) is 0 Å². The maximum Gasteiger partial charge on any atom is 0.252 e. The maximum atomic E-state index is 2.72. The molecule has 0 unspecified atom stereocenters. The highest BCUT2D eigenvalue weighted by Crippen LogP contribution is 2.57. The molecule has 0 aliphatic carbocycles. The molecule has 0 fully saturated rings. The van der Waals surface area contributed by atoms with Crippen molar-refractivity contribution in [2.45, 2.75) is 52.4 Å². The topological polar surface area (TPSA) is 9.72 Å². The van der Waals surface area contributed by atoms with Crippen LogP contribution >= 0.6 is 0 Å². The van der Waals surface area contributed by atoms with Crippen LogP contribution < -0.4 is 31.1 Å². The van der Waals surface area contributed by atoms with Crippen molar-refractivity contribution < 1.29 is 0 Å². The Kier molecular flexibility index (Phi) is 18.5. The molecule has 0 saturated heterocycles. The van der Waals surface area contributed by atoms with Crippen molar-refractivity contribution in [1.29, 1.82) is 0 Å². The minimum atomic E-state index is -0.369. The van der Waals surface area contributed by atoms with Crippen molar-refractivity contribution in [3.05, 3.63) is 448 Å². The highest BCUT2D eigenvalue weighted by atomic mass is 15.2. The second-order valence-electron chi connectivity index (χ2n) is 35.5. The third kappa shape index (κ3) is 13.3. The van der Waals surface area contributed by atoms with Crippen molar-refractivity contribution in [2.75, 3.05) is 14.7 Å². The molecule has 3 nitrogen and oxygen atoms in total. The molecule has 588 valence electrons. The Balaban J connectivity index is 0.934. The van der Waals surface area contributed by atoms with Crippen LogP contribution in [0, 0.1) is 0 Å². The fourth-order valence-electron chi connectivity index (χ4n) is 19.6. The second kappa shape index (κ2) is 30.6. The number of fused-ring (bicyclic) bond motifs is 4. The van der Waals surface area contributed by atoms with Crippen LogP contribution in [0.2, 0.25) is 0 Å². The summed E-state index contributed by atoms with van der Waals surface area (Å²) >= 11 is 0. The molecule has 20 aromatic rings. The average molecular weight is 1580 g/mol. The van der Waals surface area contributed by atoms with E-state index in [9.17, 15) is 0 Å². The summed E-state index contributed by atoms with van der Waals surface area (Å²) in [6.45, 7) is 13.8. The molecular formula is C120H90BN3. The lowest BCUT2D eigenvalue weighted by Gasteiger charge is -2.46. The number of hydrogen-bond acceptors (Lipinski definition) is 3. The predicted molar refractivity (Wildman–Crippen MR) is 531 cm³/mol. The molecule has 20 aromatic carbocycles. The standard InChI is InChI=1S/C120H90BN3/c1-119(2,3)97-66-92-52-53-93-67-98(120(4,5)6)76-107-102(73-96(68-97)114(92)115(93)107)91-59-65-110-109(74-91)121-108-64-58-90(81-38-20-9-21-39-81)75-111(108)124(118-105(88-48-30-14-31-49-88)71-95(83-42-24-11-25-43-83)72-106(118)89-50-32-15-33-51-89)113-78-101(122(99-60-54-84(55-61-99)79-34-16-7-17-35-79)100-62-56-85(57-63-100)80-36-18-8-19-37-80)77-112(116(113)121)123(110)117-103(86-44-26-12-27-45-86)69-94(82-40-22-10-23-41-82)70-104(117)87-46-28-13-29-47-87/h7-78H,1-6H3. The Bertz CT molecular complexity index is 7210. The van der Waals surface area contributed by atoms with Crippen LogP contribution in [0.25, 0.3) is 144 Å². The third-order valence-electron chi connectivity index (χ3n) is 25.8. The van der Waals surface area contributed by atoms with E-state index in [4.69, 9.17) is 0 Å². The van der Waals surface area contributed by atoms with Crippen LogP contribution in [-0.2, 0) is 10.8 Å². The molecule has 0 saturated carbocycles. The molecule has 0 amide bonds. The summed E-state index contributed by atoms with van der Waals surface area (Å²) < 4.78 is 0. The van der Waals surface area contributed by atoms with Crippen LogP contribution in [0.15, 0.2) is 437 Å². The highest BCUT2D eigenvalue weighted by molar-refractivity contribution is 7.00. The number of rotatable bonds is 15. The van der Waals surface area contributed by atoms with Gasteiger partial charge < -0.3 is 14.7 Å². The summed E-state index contributed by atoms with van der Waals surface area (Å²) in [6, 6.07) is 165. The molecule has 0 radical (unpaired) electrons. The predicted octanol–water partition coefficient (Wildman–Crippen LogP) is 31.4. The number of benzene rings is 20. The molecule has 0 atom stereocenters. The van der Waals surface area contributed by atoms with E-state index in [1.54, 1.807) is 0 Å². The van der Waals surface area contributed by atoms with Gasteiger partial charge in [-0.2, -0.15) is 0 Å². The van der Waals surface area contributed by atoms with Gasteiger partial charge in [-0.25, -0.2) is 0 Å². The van der Waals surface area contributed by atoms with Crippen molar-refractivity contribution in [3.8, 4) is 111 Å². The summed E-state index contributed by atoms with van der Waals surface area (Å²) in [4.78, 5) is 7.97. The molecule has 2 aliphatic rings. The zero-order valence-electron chi connectivity index (χ0n) is 70.5. The molecule has 124 heavy (non-hydrogen) atoms. The molecule has 22 rings (SSSR count). The summed E-state index contributed by atoms with van der Waals surface area (Å²) in [6.07, 6.45) is 0. The minimum absolute atomic E-state index is 0.103. The first-order valence-electron chi connectivity index (χ1n) is 43.5. The Morgan fingerprint density at radius 1 is 0.210 bits per heavy atom. The third-order valence-corrected chi connectivity index (χ3v) is 25.8. The van der Waals surface area contributed by atoms with Gasteiger partial charge in [-0.3, -0.25) is 0 Å². The molecular weight excluding hydrogens is 1490 g/mol. The summed E-state index contributed by atoms with van der Waals surface area (Å²) in [5, 5.41) is 7.66. The van der Waals surface area contributed by atoms with Crippen molar-refractivity contribution in [1.82, 2.24) is 0 Å².